The first-order valence-corrected chi connectivity index (χ1v) is 4.56. The van der Waals surface area contributed by atoms with Crippen LogP contribution in [0.5, 0.6) is 0 Å². The van der Waals surface area contributed by atoms with Crippen LogP contribution in [-0.4, -0.2) is 0 Å². The Labute approximate surface area is 68.4 Å². The highest BCUT2D eigenvalue weighted by Gasteiger charge is 2.54. The number of rotatable bonds is 0. The van der Waals surface area contributed by atoms with Crippen molar-refractivity contribution in [3.05, 3.63) is 0 Å². The molecule has 0 heterocycles. The summed E-state index contributed by atoms with van der Waals surface area (Å²) in [5, 5.41) is 8.87. The molecular weight excluding hydrogens is 134 g/mol. The maximum Gasteiger partial charge on any atom is 0.0658 e. The monoisotopic (exact) mass is 149 g/mol. The molecule has 60 valence electrons. The van der Waals surface area contributed by atoms with Crippen molar-refractivity contribution in [2.24, 2.45) is 23.2 Å². The van der Waals surface area contributed by atoms with Gasteiger partial charge in [0.25, 0.3) is 0 Å². The number of hydrogen-bond acceptors (Lipinski definition) is 1. The van der Waals surface area contributed by atoms with Crippen LogP contribution in [0.15, 0.2) is 0 Å². The van der Waals surface area contributed by atoms with E-state index in [4.69, 9.17) is 5.26 Å². The Morgan fingerprint density at radius 2 is 2.09 bits per heavy atom. The first kappa shape index (κ1) is 7.16. The van der Waals surface area contributed by atoms with Gasteiger partial charge in [-0.2, -0.15) is 5.26 Å². The van der Waals surface area contributed by atoms with Crippen LogP contribution in [0, 0.1) is 34.5 Å². The molecule has 3 aliphatic carbocycles. The van der Waals surface area contributed by atoms with Crippen molar-refractivity contribution < 1.29 is 0 Å². The summed E-state index contributed by atoms with van der Waals surface area (Å²) < 4.78 is 0. The molecule has 0 radical (unpaired) electrons. The molecule has 3 saturated carbocycles. The van der Waals surface area contributed by atoms with Gasteiger partial charge in [-0.15, -0.1) is 0 Å². The summed E-state index contributed by atoms with van der Waals surface area (Å²) in [5.74, 6) is 2.01. The van der Waals surface area contributed by atoms with Crippen LogP contribution in [0.25, 0.3) is 0 Å². The standard InChI is InChI=1S/C10H15N/c1-10(2)8-4-3-7(6-11)9(10)5-8/h7-9H,3-5H2,1-2H3/t7-,8-,9-/m0/s1. The van der Waals surface area contributed by atoms with Gasteiger partial charge < -0.3 is 0 Å². The second-order valence-electron chi connectivity index (χ2n) is 4.67. The largest absolute Gasteiger partial charge is 0.198 e. The second-order valence-corrected chi connectivity index (χ2v) is 4.67. The predicted molar refractivity (Wildman–Crippen MR) is 43.7 cm³/mol. The zero-order chi connectivity index (χ0) is 8.06. The molecule has 0 aromatic heterocycles. The van der Waals surface area contributed by atoms with E-state index in [1.165, 1.54) is 12.8 Å². The first-order valence-electron chi connectivity index (χ1n) is 4.56. The number of fused-ring (bicyclic) bond motifs is 2. The van der Waals surface area contributed by atoms with Crippen LogP contribution >= 0.6 is 0 Å². The maximum atomic E-state index is 8.87. The van der Waals surface area contributed by atoms with E-state index in [2.05, 4.69) is 19.9 Å². The highest BCUT2D eigenvalue weighted by atomic mass is 14.6. The van der Waals surface area contributed by atoms with Gasteiger partial charge in [0.15, 0.2) is 0 Å². The van der Waals surface area contributed by atoms with Gasteiger partial charge in [0.2, 0.25) is 0 Å². The molecule has 3 atom stereocenters. The van der Waals surface area contributed by atoms with Crippen LogP contribution < -0.4 is 0 Å². The van der Waals surface area contributed by atoms with Crippen LogP contribution in [-0.2, 0) is 0 Å². The number of nitriles is 1. The fraction of sp³-hybridized carbons (Fsp3) is 0.900. The van der Waals surface area contributed by atoms with E-state index in [-0.39, 0.29) is 0 Å². The van der Waals surface area contributed by atoms with Gasteiger partial charge in [-0.05, 0) is 36.5 Å². The molecule has 3 fully saturated rings. The van der Waals surface area contributed by atoms with E-state index in [1.54, 1.807) is 0 Å². The van der Waals surface area contributed by atoms with E-state index in [9.17, 15) is 0 Å². The van der Waals surface area contributed by atoms with E-state index < -0.39 is 0 Å². The molecule has 0 N–H and O–H groups in total. The van der Waals surface area contributed by atoms with E-state index in [1.807, 2.05) is 0 Å². The Hall–Kier alpha value is -0.510. The van der Waals surface area contributed by atoms with Gasteiger partial charge in [0.1, 0.15) is 0 Å². The Morgan fingerprint density at radius 1 is 1.36 bits per heavy atom. The van der Waals surface area contributed by atoms with E-state index in [0.717, 1.165) is 12.3 Å². The van der Waals surface area contributed by atoms with Crippen molar-refractivity contribution >= 4 is 0 Å². The maximum absolute atomic E-state index is 8.87. The van der Waals surface area contributed by atoms with Gasteiger partial charge in [-0.25, -0.2) is 0 Å². The Balaban J connectivity index is 2.18. The lowest BCUT2D eigenvalue weighted by Crippen LogP contribution is -2.51. The molecule has 0 saturated heterocycles. The second kappa shape index (κ2) is 2.00. The quantitative estimate of drug-likeness (QED) is 0.519. The number of nitrogens with zero attached hydrogens (tertiary/aromatic N) is 1. The number of hydrogen-bond donors (Lipinski definition) is 0. The van der Waals surface area contributed by atoms with Crippen LogP contribution in [0.1, 0.15) is 33.1 Å². The lowest BCUT2D eigenvalue weighted by Gasteiger charge is -2.58. The average Bonchev–Trinajstić information content (AvgIpc) is 2.04. The highest BCUT2D eigenvalue weighted by molar-refractivity contribution is 5.08. The molecule has 11 heavy (non-hydrogen) atoms. The molecule has 0 unspecified atom stereocenters. The van der Waals surface area contributed by atoms with Gasteiger partial charge in [0, 0.05) is 5.92 Å². The molecule has 3 rings (SSSR count). The molecule has 0 amide bonds. The van der Waals surface area contributed by atoms with Crippen LogP contribution in [0.2, 0.25) is 0 Å². The molecule has 0 aliphatic heterocycles. The molecule has 2 bridgehead atoms. The highest BCUT2D eigenvalue weighted by Crippen LogP contribution is 2.61. The van der Waals surface area contributed by atoms with E-state index in [0.29, 0.717) is 17.3 Å². The third kappa shape index (κ3) is 0.759. The van der Waals surface area contributed by atoms with Crippen molar-refractivity contribution in [2.75, 3.05) is 0 Å². The minimum atomic E-state index is 0.370. The van der Waals surface area contributed by atoms with Crippen molar-refractivity contribution in [3.8, 4) is 6.07 Å². The Morgan fingerprint density at radius 3 is 2.45 bits per heavy atom. The Kier molecular flexibility index (Phi) is 1.30. The third-order valence-electron chi connectivity index (χ3n) is 4.02. The normalized spacial score (nSPS) is 45.7. The summed E-state index contributed by atoms with van der Waals surface area (Å²) in [7, 11) is 0. The third-order valence-corrected chi connectivity index (χ3v) is 4.02. The lowest BCUT2D eigenvalue weighted by molar-refractivity contribution is -0.0882. The summed E-state index contributed by atoms with van der Waals surface area (Å²) in [6.07, 6.45) is 3.78. The zero-order valence-electron chi connectivity index (χ0n) is 7.30. The molecule has 0 aromatic carbocycles. The molecule has 0 aromatic rings. The van der Waals surface area contributed by atoms with Gasteiger partial charge in [-0.1, -0.05) is 13.8 Å². The van der Waals surface area contributed by atoms with Gasteiger partial charge in [0.05, 0.1) is 6.07 Å². The minimum Gasteiger partial charge on any atom is -0.198 e. The van der Waals surface area contributed by atoms with Crippen LogP contribution in [0.3, 0.4) is 0 Å². The van der Waals surface area contributed by atoms with Gasteiger partial charge in [-0.3, -0.25) is 0 Å². The van der Waals surface area contributed by atoms with Crippen molar-refractivity contribution in [1.82, 2.24) is 0 Å². The molecule has 1 heteroatoms. The minimum absolute atomic E-state index is 0.370. The fourth-order valence-corrected chi connectivity index (χ4v) is 2.97. The van der Waals surface area contributed by atoms with Crippen molar-refractivity contribution in [2.45, 2.75) is 33.1 Å². The summed E-state index contributed by atoms with van der Waals surface area (Å²) in [6, 6.07) is 2.45. The first-order chi connectivity index (χ1) is 5.16. The lowest BCUT2D eigenvalue weighted by atomic mass is 9.46. The fourth-order valence-electron chi connectivity index (χ4n) is 2.97. The molecular formula is C10H15N. The molecule has 1 nitrogen and oxygen atoms in total. The molecule has 3 aliphatic rings. The predicted octanol–water partition coefficient (Wildman–Crippen LogP) is 2.58. The summed E-state index contributed by atoms with van der Waals surface area (Å²) >= 11 is 0. The van der Waals surface area contributed by atoms with E-state index >= 15 is 0 Å². The SMILES string of the molecule is CC1(C)[C@H]2CC[C@@H](C#N)[C@@H]1C2. The summed E-state index contributed by atoms with van der Waals surface area (Å²) in [4.78, 5) is 0. The molecule has 0 spiro atoms. The van der Waals surface area contributed by atoms with Gasteiger partial charge >= 0.3 is 0 Å². The average molecular weight is 149 g/mol. The summed E-state index contributed by atoms with van der Waals surface area (Å²) in [6.45, 7) is 4.66. The van der Waals surface area contributed by atoms with Crippen LogP contribution in [0.4, 0.5) is 0 Å². The topological polar surface area (TPSA) is 23.8 Å². The summed E-state index contributed by atoms with van der Waals surface area (Å²) in [5.41, 5.74) is 0.485. The van der Waals surface area contributed by atoms with Crippen molar-refractivity contribution in [1.29, 1.82) is 5.26 Å². The smallest absolute Gasteiger partial charge is 0.0658 e. The van der Waals surface area contributed by atoms with Crippen molar-refractivity contribution in [3.63, 3.8) is 0 Å². The zero-order valence-corrected chi connectivity index (χ0v) is 7.30. The Bertz CT molecular complexity index is 209.